The zero-order valence-corrected chi connectivity index (χ0v) is 13.9. The first kappa shape index (κ1) is 16.2. The largest absolute Gasteiger partial charge is 0.350 e. The molecule has 0 unspecified atom stereocenters. The molecule has 1 fully saturated rings. The Kier molecular flexibility index (Phi) is 4.35. The Hall–Kier alpha value is -2.67. The molecule has 2 N–H and O–H groups in total. The Morgan fingerprint density at radius 2 is 1.96 bits per heavy atom. The fraction of sp³-hybridized carbons (Fsp3) is 0.235. The zero-order valence-electron chi connectivity index (χ0n) is 13.1. The Bertz CT molecular complexity index is 761. The third-order valence-corrected chi connectivity index (χ3v) is 4.84. The van der Waals surface area contributed by atoms with Crippen LogP contribution >= 0.6 is 11.3 Å². The van der Waals surface area contributed by atoms with Crippen molar-refractivity contribution < 1.29 is 14.4 Å². The fourth-order valence-electron chi connectivity index (χ4n) is 2.61. The van der Waals surface area contributed by atoms with Gasteiger partial charge in [-0.2, -0.15) is 0 Å². The summed E-state index contributed by atoms with van der Waals surface area (Å²) >= 11 is 1.53. The van der Waals surface area contributed by atoms with Crippen LogP contribution in [0.15, 0.2) is 47.8 Å². The lowest BCUT2D eigenvalue weighted by molar-refractivity contribution is -0.134. The van der Waals surface area contributed by atoms with E-state index in [1.165, 1.54) is 11.3 Å². The lowest BCUT2D eigenvalue weighted by Gasteiger charge is -2.22. The first-order chi connectivity index (χ1) is 11.5. The molecule has 1 aromatic heterocycles. The molecule has 0 bridgehead atoms. The van der Waals surface area contributed by atoms with Crippen molar-refractivity contribution in [3.8, 4) is 0 Å². The average molecular weight is 343 g/mol. The summed E-state index contributed by atoms with van der Waals surface area (Å²) < 4.78 is 0. The number of thiophene rings is 1. The minimum Gasteiger partial charge on any atom is -0.350 e. The molecule has 124 valence electrons. The fourth-order valence-corrected chi connectivity index (χ4v) is 3.25. The van der Waals surface area contributed by atoms with Crippen molar-refractivity contribution in [3.05, 3.63) is 58.3 Å². The third kappa shape index (κ3) is 3.03. The van der Waals surface area contributed by atoms with Gasteiger partial charge in [0.2, 0.25) is 5.91 Å². The second-order valence-electron chi connectivity index (χ2n) is 5.67. The van der Waals surface area contributed by atoms with Gasteiger partial charge >= 0.3 is 6.03 Å². The smallest absolute Gasteiger partial charge is 0.325 e. The van der Waals surface area contributed by atoms with Gasteiger partial charge in [-0.1, -0.05) is 36.4 Å². The Morgan fingerprint density at radius 3 is 2.62 bits per heavy atom. The SMILES string of the molecule is C[C@@]1(c2ccccc2)NC(=O)N(CC(=O)NCc2cccs2)C1=O. The molecule has 1 aliphatic rings. The Morgan fingerprint density at radius 1 is 1.21 bits per heavy atom. The van der Waals surface area contributed by atoms with Crippen molar-refractivity contribution in [2.45, 2.75) is 19.0 Å². The van der Waals surface area contributed by atoms with E-state index in [-0.39, 0.29) is 12.5 Å². The number of hydrogen-bond donors (Lipinski definition) is 2. The number of benzene rings is 1. The predicted octanol–water partition coefficient (Wildman–Crippen LogP) is 1.83. The quantitative estimate of drug-likeness (QED) is 0.813. The molecule has 0 aliphatic carbocycles. The van der Waals surface area contributed by atoms with Gasteiger partial charge in [0.05, 0.1) is 6.54 Å². The van der Waals surface area contributed by atoms with Crippen LogP contribution in [0.4, 0.5) is 4.79 Å². The highest BCUT2D eigenvalue weighted by atomic mass is 32.1. The highest BCUT2D eigenvalue weighted by Crippen LogP contribution is 2.28. The van der Waals surface area contributed by atoms with Gasteiger partial charge in [-0.3, -0.25) is 14.5 Å². The van der Waals surface area contributed by atoms with Crippen LogP contribution in [0, 0.1) is 0 Å². The number of carbonyl (C=O) groups excluding carboxylic acids is 3. The summed E-state index contributed by atoms with van der Waals surface area (Å²) in [6.07, 6.45) is 0. The molecule has 0 spiro atoms. The Balaban J connectivity index is 1.67. The second-order valence-corrected chi connectivity index (χ2v) is 6.70. The maximum Gasteiger partial charge on any atom is 0.325 e. The number of hydrogen-bond acceptors (Lipinski definition) is 4. The van der Waals surface area contributed by atoms with Crippen LogP contribution < -0.4 is 10.6 Å². The lowest BCUT2D eigenvalue weighted by Crippen LogP contribution is -2.43. The number of amides is 4. The van der Waals surface area contributed by atoms with Gasteiger partial charge in [-0.05, 0) is 23.9 Å². The molecule has 6 nitrogen and oxygen atoms in total. The van der Waals surface area contributed by atoms with Crippen molar-refractivity contribution in [3.63, 3.8) is 0 Å². The lowest BCUT2D eigenvalue weighted by atomic mass is 9.92. The van der Waals surface area contributed by atoms with Gasteiger partial charge in [-0.15, -0.1) is 11.3 Å². The van der Waals surface area contributed by atoms with Crippen molar-refractivity contribution in [1.82, 2.24) is 15.5 Å². The Labute approximate surface area is 143 Å². The molecule has 24 heavy (non-hydrogen) atoms. The number of urea groups is 1. The maximum atomic E-state index is 12.7. The van der Waals surface area contributed by atoms with Gasteiger partial charge < -0.3 is 10.6 Å². The second kappa shape index (κ2) is 6.45. The molecule has 1 aromatic carbocycles. The summed E-state index contributed by atoms with van der Waals surface area (Å²) in [6.45, 7) is 1.74. The number of carbonyl (C=O) groups is 3. The van der Waals surface area contributed by atoms with Gasteiger partial charge in [-0.25, -0.2) is 4.79 Å². The number of nitrogens with one attached hydrogen (secondary N) is 2. The van der Waals surface area contributed by atoms with Crippen LogP contribution in [-0.2, 0) is 21.7 Å². The predicted molar refractivity (Wildman–Crippen MR) is 90.2 cm³/mol. The van der Waals surface area contributed by atoms with Gasteiger partial charge in [0, 0.05) is 4.88 Å². The molecule has 0 radical (unpaired) electrons. The third-order valence-electron chi connectivity index (χ3n) is 3.97. The van der Waals surface area contributed by atoms with E-state index < -0.39 is 17.5 Å². The highest BCUT2D eigenvalue weighted by Gasteiger charge is 2.49. The molecule has 1 atom stereocenters. The van der Waals surface area contributed by atoms with E-state index in [9.17, 15) is 14.4 Å². The standard InChI is InChI=1S/C17H17N3O3S/c1-17(12-6-3-2-4-7-12)15(22)20(16(23)19-17)11-14(21)18-10-13-8-5-9-24-13/h2-9H,10-11H2,1H3,(H,18,21)(H,19,23)/t17-/m0/s1. The minimum atomic E-state index is -1.15. The number of nitrogens with zero attached hydrogens (tertiary/aromatic N) is 1. The van der Waals surface area contributed by atoms with Crippen LogP contribution in [-0.4, -0.2) is 29.3 Å². The monoisotopic (exact) mass is 343 g/mol. The van der Waals surface area contributed by atoms with E-state index in [1.807, 2.05) is 23.6 Å². The van der Waals surface area contributed by atoms with E-state index in [4.69, 9.17) is 0 Å². The van der Waals surface area contributed by atoms with Crippen molar-refractivity contribution in [1.29, 1.82) is 0 Å². The molecule has 0 saturated carbocycles. The summed E-state index contributed by atoms with van der Waals surface area (Å²) in [4.78, 5) is 38.8. The molecule has 4 amide bonds. The summed E-state index contributed by atoms with van der Waals surface area (Å²) in [5, 5.41) is 7.32. The van der Waals surface area contributed by atoms with Crippen molar-refractivity contribution >= 4 is 29.2 Å². The first-order valence-electron chi connectivity index (χ1n) is 7.49. The van der Waals surface area contributed by atoms with E-state index in [2.05, 4.69) is 10.6 Å². The molecule has 1 aliphatic heterocycles. The number of rotatable bonds is 5. The van der Waals surface area contributed by atoms with E-state index >= 15 is 0 Å². The average Bonchev–Trinajstić information content (AvgIpc) is 3.17. The van der Waals surface area contributed by atoms with Gasteiger partial charge in [0.1, 0.15) is 12.1 Å². The summed E-state index contributed by atoms with van der Waals surface area (Å²) in [7, 11) is 0. The van der Waals surface area contributed by atoms with E-state index in [0.29, 0.717) is 12.1 Å². The van der Waals surface area contributed by atoms with Gasteiger partial charge in [0.25, 0.3) is 5.91 Å². The minimum absolute atomic E-state index is 0.293. The topological polar surface area (TPSA) is 78.5 Å². The summed E-state index contributed by atoms with van der Waals surface area (Å²) in [5.74, 6) is -0.797. The maximum absolute atomic E-state index is 12.7. The molecule has 1 saturated heterocycles. The van der Waals surface area contributed by atoms with E-state index in [1.54, 1.807) is 31.2 Å². The molecular formula is C17H17N3O3S. The normalized spacial score (nSPS) is 20.1. The van der Waals surface area contributed by atoms with E-state index in [0.717, 1.165) is 9.78 Å². The van der Waals surface area contributed by atoms with Gasteiger partial charge in [0.15, 0.2) is 0 Å². The summed E-state index contributed by atoms with van der Waals surface area (Å²) in [5.41, 5.74) is -0.461. The van der Waals surface area contributed by atoms with Crippen LogP contribution in [0.5, 0.6) is 0 Å². The number of imide groups is 1. The van der Waals surface area contributed by atoms with Crippen LogP contribution in [0.2, 0.25) is 0 Å². The zero-order chi connectivity index (χ0) is 17.2. The van der Waals surface area contributed by atoms with Crippen LogP contribution in [0.25, 0.3) is 0 Å². The molecule has 3 rings (SSSR count). The summed E-state index contributed by atoms with van der Waals surface area (Å²) in [6, 6.07) is 12.2. The highest BCUT2D eigenvalue weighted by molar-refractivity contribution is 7.09. The van der Waals surface area contributed by atoms with Crippen LogP contribution in [0.3, 0.4) is 0 Å². The van der Waals surface area contributed by atoms with Crippen LogP contribution in [0.1, 0.15) is 17.4 Å². The molecule has 7 heteroatoms. The molecule has 2 heterocycles. The molecular weight excluding hydrogens is 326 g/mol. The molecule has 2 aromatic rings. The van der Waals surface area contributed by atoms with Crippen molar-refractivity contribution in [2.75, 3.05) is 6.54 Å². The first-order valence-corrected chi connectivity index (χ1v) is 8.37. The van der Waals surface area contributed by atoms with Crippen molar-refractivity contribution in [2.24, 2.45) is 0 Å².